The van der Waals surface area contributed by atoms with Gasteiger partial charge >= 0.3 is 0 Å². The highest BCUT2D eigenvalue weighted by Crippen LogP contribution is 2.31. The Labute approximate surface area is 152 Å². The number of nitrogens with one attached hydrogen (secondary N) is 2. The maximum atomic E-state index is 12.2. The fourth-order valence-electron chi connectivity index (χ4n) is 3.17. The molecule has 0 heterocycles. The van der Waals surface area contributed by atoms with Crippen LogP contribution in [0.25, 0.3) is 0 Å². The number of hydrogen-bond acceptors (Lipinski definition) is 3. The quantitative estimate of drug-likeness (QED) is 0.650. The fourth-order valence-corrected chi connectivity index (χ4v) is 3.37. The van der Waals surface area contributed by atoms with E-state index in [0.29, 0.717) is 11.1 Å². The van der Waals surface area contributed by atoms with Gasteiger partial charge in [-0.25, -0.2) is 0 Å². The van der Waals surface area contributed by atoms with Crippen LogP contribution in [0.1, 0.15) is 51.6 Å². The first kappa shape index (κ1) is 17.3. The number of carbonyl (C=O) groups excluding carboxylic acids is 2. The molecule has 0 unspecified atom stereocenters. The molecule has 0 spiro atoms. The van der Waals surface area contributed by atoms with E-state index in [4.69, 9.17) is 12.2 Å². The highest BCUT2D eigenvalue weighted by atomic mass is 32.1. The van der Waals surface area contributed by atoms with Crippen LogP contribution in [-0.2, 0) is 12.8 Å². The van der Waals surface area contributed by atoms with Gasteiger partial charge in [0.15, 0.2) is 10.9 Å². The van der Waals surface area contributed by atoms with Gasteiger partial charge < -0.3 is 5.32 Å². The summed E-state index contributed by atoms with van der Waals surface area (Å²) >= 11 is 5.31. The Morgan fingerprint density at radius 1 is 1.00 bits per heavy atom. The normalized spacial score (nSPS) is 12.8. The second-order valence-corrected chi connectivity index (χ2v) is 6.57. The standard InChI is InChI=1S/C20H20N2O2S/c1-13(23)16-12-11-14-7-5-6-10-17(14)18(16)21-20(25)22-19(24)15-8-3-2-4-9-15/h2-4,8-9,11-12H,5-7,10H2,1H3,(H2,21,22,24,25). The second-order valence-electron chi connectivity index (χ2n) is 6.16. The molecule has 0 atom stereocenters. The number of fused-ring (bicyclic) bond motifs is 1. The number of benzene rings is 2. The van der Waals surface area contributed by atoms with Crippen molar-refractivity contribution in [3.63, 3.8) is 0 Å². The molecule has 0 saturated heterocycles. The molecular formula is C20H20N2O2S. The molecule has 0 saturated carbocycles. The van der Waals surface area contributed by atoms with Crippen molar-refractivity contribution in [2.45, 2.75) is 32.6 Å². The minimum Gasteiger partial charge on any atom is -0.332 e. The zero-order valence-electron chi connectivity index (χ0n) is 14.1. The summed E-state index contributed by atoms with van der Waals surface area (Å²) in [5, 5.41) is 5.99. The lowest BCUT2D eigenvalue weighted by molar-refractivity contribution is 0.0976. The van der Waals surface area contributed by atoms with Gasteiger partial charge in [0.1, 0.15) is 0 Å². The van der Waals surface area contributed by atoms with E-state index in [0.717, 1.165) is 36.9 Å². The van der Waals surface area contributed by atoms with E-state index in [9.17, 15) is 9.59 Å². The fraction of sp³-hybridized carbons (Fsp3) is 0.250. The van der Waals surface area contributed by atoms with E-state index in [1.807, 2.05) is 18.2 Å². The summed E-state index contributed by atoms with van der Waals surface area (Å²) in [6, 6.07) is 12.8. The Kier molecular flexibility index (Phi) is 5.24. The van der Waals surface area contributed by atoms with Crippen molar-refractivity contribution < 1.29 is 9.59 Å². The topological polar surface area (TPSA) is 58.2 Å². The molecule has 0 aliphatic heterocycles. The molecule has 0 fully saturated rings. The van der Waals surface area contributed by atoms with E-state index in [-0.39, 0.29) is 16.8 Å². The van der Waals surface area contributed by atoms with Crippen molar-refractivity contribution in [1.29, 1.82) is 0 Å². The second kappa shape index (κ2) is 7.57. The van der Waals surface area contributed by atoms with Crippen LogP contribution in [-0.4, -0.2) is 16.8 Å². The molecular weight excluding hydrogens is 332 g/mol. The molecule has 0 aromatic heterocycles. The van der Waals surface area contributed by atoms with E-state index in [1.54, 1.807) is 31.2 Å². The Morgan fingerprint density at radius 2 is 1.72 bits per heavy atom. The van der Waals surface area contributed by atoms with E-state index >= 15 is 0 Å². The number of rotatable bonds is 3. The molecule has 25 heavy (non-hydrogen) atoms. The van der Waals surface area contributed by atoms with Crippen LogP contribution in [0.3, 0.4) is 0 Å². The molecule has 2 aromatic rings. The van der Waals surface area contributed by atoms with Gasteiger partial charge in [0.05, 0.1) is 5.69 Å². The zero-order valence-corrected chi connectivity index (χ0v) is 14.9. The Hall–Kier alpha value is -2.53. The number of anilines is 1. The summed E-state index contributed by atoms with van der Waals surface area (Å²) in [4.78, 5) is 24.3. The molecule has 0 radical (unpaired) electrons. The molecule has 128 valence electrons. The lowest BCUT2D eigenvalue weighted by atomic mass is 9.88. The molecule has 2 aromatic carbocycles. The minimum atomic E-state index is -0.271. The Morgan fingerprint density at radius 3 is 2.44 bits per heavy atom. The number of ketones is 1. The van der Waals surface area contributed by atoms with Gasteiger partial charge in [-0.15, -0.1) is 0 Å². The molecule has 2 N–H and O–H groups in total. The van der Waals surface area contributed by atoms with Crippen molar-refractivity contribution in [3.8, 4) is 0 Å². The first-order chi connectivity index (χ1) is 12.1. The van der Waals surface area contributed by atoms with Gasteiger partial charge in [0.25, 0.3) is 5.91 Å². The van der Waals surface area contributed by atoms with Crippen LogP contribution < -0.4 is 10.6 Å². The Bertz CT molecular complexity index is 831. The summed E-state index contributed by atoms with van der Waals surface area (Å²) in [6.07, 6.45) is 4.16. The third kappa shape index (κ3) is 3.94. The van der Waals surface area contributed by atoms with E-state index in [1.165, 1.54) is 5.56 Å². The van der Waals surface area contributed by atoms with Crippen LogP contribution in [0.15, 0.2) is 42.5 Å². The lowest BCUT2D eigenvalue weighted by Gasteiger charge is -2.22. The van der Waals surface area contributed by atoms with Gasteiger partial charge in [-0.05, 0) is 74.2 Å². The van der Waals surface area contributed by atoms with Gasteiger partial charge in [-0.2, -0.15) is 0 Å². The number of Topliss-reactive ketones (excluding diaryl/α,β-unsaturated/α-hetero) is 1. The predicted octanol–water partition coefficient (Wildman–Crippen LogP) is 3.89. The van der Waals surface area contributed by atoms with Crippen LogP contribution in [0.5, 0.6) is 0 Å². The van der Waals surface area contributed by atoms with E-state index in [2.05, 4.69) is 10.6 Å². The number of aryl methyl sites for hydroxylation is 1. The monoisotopic (exact) mass is 352 g/mol. The van der Waals surface area contributed by atoms with Crippen molar-refractivity contribution in [2.24, 2.45) is 0 Å². The van der Waals surface area contributed by atoms with Crippen LogP contribution in [0, 0.1) is 0 Å². The minimum absolute atomic E-state index is 0.0203. The van der Waals surface area contributed by atoms with Gasteiger partial charge in [0.2, 0.25) is 0 Å². The smallest absolute Gasteiger partial charge is 0.257 e. The molecule has 4 nitrogen and oxygen atoms in total. The third-order valence-corrected chi connectivity index (χ3v) is 4.62. The van der Waals surface area contributed by atoms with Crippen molar-refractivity contribution in [1.82, 2.24) is 5.32 Å². The first-order valence-electron chi connectivity index (χ1n) is 8.39. The summed E-state index contributed by atoms with van der Waals surface area (Å²) in [5.74, 6) is -0.291. The van der Waals surface area contributed by atoms with Crippen LogP contribution in [0.2, 0.25) is 0 Å². The molecule has 1 aliphatic rings. The highest BCUT2D eigenvalue weighted by Gasteiger charge is 2.19. The average Bonchev–Trinajstić information content (AvgIpc) is 2.62. The summed E-state index contributed by atoms with van der Waals surface area (Å²) in [6.45, 7) is 1.54. The van der Waals surface area contributed by atoms with Crippen LogP contribution >= 0.6 is 12.2 Å². The SMILES string of the molecule is CC(=O)c1ccc2c(c1NC(=S)NC(=O)c1ccccc1)CCCC2. The van der Waals surface area contributed by atoms with Gasteiger partial charge in [-0.1, -0.05) is 24.3 Å². The molecule has 1 amide bonds. The zero-order chi connectivity index (χ0) is 17.8. The summed E-state index contributed by atoms with van der Waals surface area (Å²) < 4.78 is 0. The first-order valence-corrected chi connectivity index (χ1v) is 8.80. The molecule has 3 rings (SSSR count). The van der Waals surface area contributed by atoms with Crippen LogP contribution in [0.4, 0.5) is 5.69 Å². The molecule has 1 aliphatic carbocycles. The Balaban J connectivity index is 1.83. The highest BCUT2D eigenvalue weighted by molar-refractivity contribution is 7.80. The number of carbonyl (C=O) groups is 2. The maximum absolute atomic E-state index is 12.2. The van der Waals surface area contributed by atoms with Crippen molar-refractivity contribution in [3.05, 3.63) is 64.7 Å². The lowest BCUT2D eigenvalue weighted by Crippen LogP contribution is -2.35. The van der Waals surface area contributed by atoms with Crippen molar-refractivity contribution in [2.75, 3.05) is 5.32 Å². The number of thiocarbonyl (C=S) groups is 1. The molecule has 5 heteroatoms. The predicted molar refractivity (Wildman–Crippen MR) is 103 cm³/mol. The molecule has 0 bridgehead atoms. The number of hydrogen-bond donors (Lipinski definition) is 2. The van der Waals surface area contributed by atoms with Crippen molar-refractivity contribution >= 4 is 34.7 Å². The largest absolute Gasteiger partial charge is 0.332 e. The summed E-state index contributed by atoms with van der Waals surface area (Å²) in [5.41, 5.74) is 4.26. The van der Waals surface area contributed by atoms with Gasteiger partial charge in [0, 0.05) is 11.1 Å². The number of amides is 1. The maximum Gasteiger partial charge on any atom is 0.257 e. The third-order valence-electron chi connectivity index (χ3n) is 4.41. The van der Waals surface area contributed by atoms with Gasteiger partial charge in [-0.3, -0.25) is 14.9 Å². The summed E-state index contributed by atoms with van der Waals surface area (Å²) in [7, 11) is 0. The van der Waals surface area contributed by atoms with E-state index < -0.39 is 0 Å². The average molecular weight is 352 g/mol.